The first-order valence-corrected chi connectivity index (χ1v) is 10.9. The minimum absolute atomic E-state index is 0.206. The average Bonchev–Trinajstić information content (AvgIpc) is 2.81. The summed E-state index contributed by atoms with van der Waals surface area (Å²) < 4.78 is 1.34. The van der Waals surface area contributed by atoms with Crippen LogP contribution >= 0.6 is 0 Å². The van der Waals surface area contributed by atoms with Crippen molar-refractivity contribution in [3.05, 3.63) is 58.4 Å². The maximum Gasteiger partial charge on any atom is 0.267 e. The molecule has 1 aliphatic heterocycles. The summed E-state index contributed by atoms with van der Waals surface area (Å²) in [6.07, 6.45) is 3.65. The minimum Gasteiger partial charge on any atom is -0.506 e. The van der Waals surface area contributed by atoms with E-state index in [2.05, 4.69) is 22.3 Å². The molecule has 0 spiro atoms. The normalized spacial score (nSPS) is 13.9. The molecule has 1 aliphatic rings. The van der Waals surface area contributed by atoms with Gasteiger partial charge in [-0.25, -0.2) is 0 Å². The molecule has 0 saturated carbocycles. The number of aromatic hydroxyl groups is 1. The Morgan fingerprint density at radius 3 is 2.47 bits per heavy atom. The highest BCUT2D eigenvalue weighted by Gasteiger charge is 2.22. The Bertz CT molecular complexity index is 1260. The van der Waals surface area contributed by atoms with Crippen molar-refractivity contribution < 1.29 is 14.7 Å². The van der Waals surface area contributed by atoms with Gasteiger partial charge < -0.3 is 19.9 Å². The molecule has 32 heavy (non-hydrogen) atoms. The van der Waals surface area contributed by atoms with Crippen LogP contribution in [0.25, 0.3) is 22.0 Å². The summed E-state index contributed by atoms with van der Waals surface area (Å²) in [4.78, 5) is 38.8. The number of Topliss-reactive ketones (excluding diaryl/α,β-unsaturated/α-hetero) is 1. The van der Waals surface area contributed by atoms with Gasteiger partial charge in [-0.15, -0.1) is 0 Å². The number of aromatic nitrogens is 1. The Hall–Kier alpha value is -3.61. The molecule has 1 amide bonds. The molecule has 1 saturated heterocycles. The lowest BCUT2D eigenvalue weighted by Gasteiger charge is -2.29. The number of carbonyl (C=O) groups is 2. The van der Waals surface area contributed by atoms with Crippen molar-refractivity contribution in [2.75, 3.05) is 24.5 Å². The molecule has 7 heteroatoms. The van der Waals surface area contributed by atoms with Crippen molar-refractivity contribution in [3.8, 4) is 16.9 Å². The maximum absolute atomic E-state index is 12.7. The van der Waals surface area contributed by atoms with E-state index in [1.54, 1.807) is 19.2 Å². The summed E-state index contributed by atoms with van der Waals surface area (Å²) >= 11 is 0. The molecule has 0 atom stereocenters. The van der Waals surface area contributed by atoms with Crippen molar-refractivity contribution in [2.24, 2.45) is 7.05 Å². The number of ketones is 1. The number of rotatable bonds is 5. The number of amides is 1. The van der Waals surface area contributed by atoms with E-state index in [9.17, 15) is 19.5 Å². The Balaban J connectivity index is 1.78. The van der Waals surface area contributed by atoms with Crippen LogP contribution < -0.4 is 15.8 Å². The number of nitrogens with one attached hydrogen (secondary N) is 1. The van der Waals surface area contributed by atoms with Gasteiger partial charge in [-0.1, -0.05) is 18.2 Å². The standard InChI is InChI=1S/C25H27N3O4/c1-16(29)15-26-24(31)22-23(30)20-14-18(9-10-21(20)27(2)25(22)32)17-7-6-8-19(13-17)28-11-4-3-5-12-28/h6-10,13-14,30H,3-5,11-12,15H2,1-2H3,(H,26,31). The Morgan fingerprint density at radius 1 is 1.03 bits per heavy atom. The first kappa shape index (κ1) is 21.6. The summed E-state index contributed by atoms with van der Waals surface area (Å²) in [5.74, 6) is -1.39. The zero-order chi connectivity index (χ0) is 22.8. The fourth-order valence-corrected chi connectivity index (χ4v) is 4.24. The molecule has 0 aliphatic carbocycles. The number of anilines is 1. The van der Waals surface area contributed by atoms with Crippen LogP contribution in [-0.2, 0) is 11.8 Å². The van der Waals surface area contributed by atoms with Gasteiger partial charge in [-0.3, -0.25) is 14.4 Å². The molecule has 166 valence electrons. The Kier molecular flexibility index (Phi) is 5.99. The lowest BCUT2D eigenvalue weighted by molar-refractivity contribution is -0.116. The SMILES string of the molecule is CC(=O)CNC(=O)c1c(O)c2cc(-c3cccc(N4CCCCC4)c3)ccc2n(C)c1=O. The van der Waals surface area contributed by atoms with Gasteiger partial charge >= 0.3 is 0 Å². The van der Waals surface area contributed by atoms with E-state index in [4.69, 9.17) is 0 Å². The fourth-order valence-electron chi connectivity index (χ4n) is 4.24. The molecule has 0 unspecified atom stereocenters. The van der Waals surface area contributed by atoms with Crippen LogP contribution in [0, 0.1) is 0 Å². The molecule has 4 rings (SSSR count). The number of nitrogens with zero attached hydrogens (tertiary/aromatic N) is 2. The van der Waals surface area contributed by atoms with Gasteiger partial charge in [0, 0.05) is 31.2 Å². The molecule has 1 aromatic heterocycles. The van der Waals surface area contributed by atoms with Crippen LogP contribution in [0.2, 0.25) is 0 Å². The van der Waals surface area contributed by atoms with Crippen LogP contribution in [0.4, 0.5) is 5.69 Å². The van der Waals surface area contributed by atoms with Gasteiger partial charge in [0.15, 0.2) is 0 Å². The van der Waals surface area contributed by atoms with Crippen LogP contribution in [-0.4, -0.2) is 41.0 Å². The van der Waals surface area contributed by atoms with Gasteiger partial charge in [-0.05, 0) is 61.6 Å². The van der Waals surface area contributed by atoms with Crippen molar-refractivity contribution in [3.63, 3.8) is 0 Å². The van der Waals surface area contributed by atoms with E-state index in [0.717, 1.165) is 29.9 Å². The summed E-state index contributed by atoms with van der Waals surface area (Å²) in [5.41, 5.74) is 2.57. The van der Waals surface area contributed by atoms with E-state index in [0.29, 0.717) is 10.9 Å². The molecule has 0 bridgehead atoms. The quantitative estimate of drug-likeness (QED) is 0.645. The second-order valence-corrected chi connectivity index (χ2v) is 8.30. The number of pyridine rings is 1. The van der Waals surface area contributed by atoms with Crippen LogP contribution in [0.15, 0.2) is 47.3 Å². The molecular weight excluding hydrogens is 406 g/mol. The summed E-state index contributed by atoms with van der Waals surface area (Å²) in [7, 11) is 1.56. The summed E-state index contributed by atoms with van der Waals surface area (Å²) in [5, 5.41) is 13.7. The van der Waals surface area contributed by atoms with Crippen molar-refractivity contribution >= 4 is 28.3 Å². The molecule has 7 nitrogen and oxygen atoms in total. The zero-order valence-electron chi connectivity index (χ0n) is 18.4. The molecular formula is C25H27N3O4. The third kappa shape index (κ3) is 4.10. The first-order valence-electron chi connectivity index (χ1n) is 10.9. The van der Waals surface area contributed by atoms with E-state index in [1.165, 1.54) is 30.8 Å². The first-order chi connectivity index (χ1) is 15.4. The van der Waals surface area contributed by atoms with Crippen molar-refractivity contribution in [2.45, 2.75) is 26.2 Å². The molecule has 2 heterocycles. The monoisotopic (exact) mass is 433 g/mol. The van der Waals surface area contributed by atoms with Gasteiger partial charge in [0.1, 0.15) is 17.1 Å². The number of carbonyl (C=O) groups excluding carboxylic acids is 2. The van der Waals surface area contributed by atoms with Crippen molar-refractivity contribution in [1.29, 1.82) is 0 Å². The number of benzene rings is 2. The van der Waals surface area contributed by atoms with E-state index in [1.807, 2.05) is 18.2 Å². The Morgan fingerprint density at radius 2 is 1.75 bits per heavy atom. The molecule has 3 aromatic rings. The predicted octanol–water partition coefficient (Wildman–Crippen LogP) is 3.22. The molecule has 2 N–H and O–H groups in total. The van der Waals surface area contributed by atoms with E-state index in [-0.39, 0.29) is 23.6 Å². The van der Waals surface area contributed by atoms with E-state index >= 15 is 0 Å². The van der Waals surface area contributed by atoms with Crippen LogP contribution in [0.5, 0.6) is 5.75 Å². The second kappa shape index (κ2) is 8.86. The summed E-state index contributed by atoms with van der Waals surface area (Å²) in [6.45, 7) is 3.22. The van der Waals surface area contributed by atoms with Gasteiger partial charge in [0.2, 0.25) is 0 Å². The van der Waals surface area contributed by atoms with Crippen LogP contribution in [0.3, 0.4) is 0 Å². The number of fused-ring (bicyclic) bond motifs is 1. The van der Waals surface area contributed by atoms with Gasteiger partial charge in [0.25, 0.3) is 11.5 Å². The Labute approximate surface area is 186 Å². The highest BCUT2D eigenvalue weighted by atomic mass is 16.3. The second-order valence-electron chi connectivity index (χ2n) is 8.30. The zero-order valence-corrected chi connectivity index (χ0v) is 18.4. The average molecular weight is 434 g/mol. The number of hydrogen-bond acceptors (Lipinski definition) is 5. The van der Waals surface area contributed by atoms with Gasteiger partial charge in [-0.2, -0.15) is 0 Å². The number of aryl methyl sites for hydroxylation is 1. The molecule has 1 fully saturated rings. The molecule has 2 aromatic carbocycles. The third-order valence-corrected chi connectivity index (χ3v) is 5.99. The van der Waals surface area contributed by atoms with Crippen LogP contribution in [0.1, 0.15) is 36.5 Å². The van der Waals surface area contributed by atoms with Crippen molar-refractivity contribution in [1.82, 2.24) is 9.88 Å². The largest absolute Gasteiger partial charge is 0.506 e. The minimum atomic E-state index is -0.766. The highest BCUT2D eigenvalue weighted by molar-refractivity contribution is 6.04. The lowest BCUT2D eigenvalue weighted by Crippen LogP contribution is -2.34. The predicted molar refractivity (Wildman–Crippen MR) is 125 cm³/mol. The number of hydrogen-bond donors (Lipinski definition) is 2. The van der Waals surface area contributed by atoms with Gasteiger partial charge in [0.05, 0.1) is 12.1 Å². The summed E-state index contributed by atoms with van der Waals surface area (Å²) in [6, 6.07) is 13.7. The fraction of sp³-hybridized carbons (Fsp3) is 0.320. The smallest absolute Gasteiger partial charge is 0.267 e. The van der Waals surface area contributed by atoms with E-state index < -0.39 is 11.5 Å². The third-order valence-electron chi connectivity index (χ3n) is 5.99. The maximum atomic E-state index is 12.7. The highest BCUT2D eigenvalue weighted by Crippen LogP contribution is 2.32. The number of piperidine rings is 1. The topological polar surface area (TPSA) is 91.6 Å². The lowest BCUT2D eigenvalue weighted by atomic mass is 10.00. The molecule has 0 radical (unpaired) electrons.